The number of nitrogens with zero attached hydrogens (tertiary/aromatic N) is 3. The van der Waals surface area contributed by atoms with Crippen LogP contribution in [-0.4, -0.2) is 54.1 Å². The third-order valence-electron chi connectivity index (χ3n) is 5.53. The van der Waals surface area contributed by atoms with Crippen molar-refractivity contribution in [1.82, 2.24) is 14.7 Å². The second-order valence-corrected chi connectivity index (χ2v) is 8.32. The van der Waals surface area contributed by atoms with Gasteiger partial charge in [-0.3, -0.25) is 5.32 Å². The number of aromatic nitrogens is 2. The highest BCUT2D eigenvalue weighted by Gasteiger charge is 2.24. The molecular weight excluding hydrogens is 464 g/mol. The van der Waals surface area contributed by atoms with E-state index in [-0.39, 0.29) is 0 Å². The van der Waals surface area contributed by atoms with Crippen LogP contribution in [-0.2, 0) is 4.74 Å². The minimum Gasteiger partial charge on any atom is -0.383 e. The van der Waals surface area contributed by atoms with E-state index >= 15 is 0 Å². The van der Waals surface area contributed by atoms with Crippen molar-refractivity contribution in [2.24, 2.45) is 5.73 Å². The van der Waals surface area contributed by atoms with Crippen LogP contribution in [0.15, 0.2) is 48.5 Å². The van der Waals surface area contributed by atoms with E-state index in [0.29, 0.717) is 29.1 Å². The first kappa shape index (κ1) is 25.6. The van der Waals surface area contributed by atoms with Crippen LogP contribution in [0.1, 0.15) is 23.6 Å². The van der Waals surface area contributed by atoms with Gasteiger partial charge in [-0.2, -0.15) is 5.10 Å². The molecule has 2 heterocycles. The Balaban J connectivity index is 0.000000191. The molecule has 2 aromatic carbocycles. The number of carbonyl (C=O) groups excluding carboxylic acids is 1. The molecule has 1 unspecified atom stereocenters. The van der Waals surface area contributed by atoms with Gasteiger partial charge in [0.25, 0.3) is 0 Å². The van der Waals surface area contributed by atoms with E-state index in [4.69, 9.17) is 22.1 Å². The molecule has 1 saturated heterocycles. The molecular formula is C24H28ClF2N5O2. The van der Waals surface area contributed by atoms with Gasteiger partial charge in [-0.05, 0) is 55.6 Å². The quantitative estimate of drug-likeness (QED) is 0.522. The lowest BCUT2D eigenvalue weighted by molar-refractivity contribution is 0.160. The van der Waals surface area contributed by atoms with Crippen molar-refractivity contribution in [3.05, 3.63) is 76.4 Å². The van der Waals surface area contributed by atoms with Crippen LogP contribution in [0.4, 0.5) is 19.4 Å². The summed E-state index contributed by atoms with van der Waals surface area (Å²) >= 11 is 6.05. The summed E-state index contributed by atoms with van der Waals surface area (Å²) in [5.41, 5.74) is 7.41. The molecule has 10 heteroatoms. The number of urea groups is 1. The van der Waals surface area contributed by atoms with Gasteiger partial charge in [0.1, 0.15) is 5.02 Å². The molecule has 2 amide bonds. The molecule has 1 aliphatic rings. The van der Waals surface area contributed by atoms with Crippen LogP contribution in [0.3, 0.4) is 0 Å². The first-order chi connectivity index (χ1) is 16.3. The molecule has 0 bridgehead atoms. The highest BCUT2D eigenvalue weighted by molar-refractivity contribution is 6.34. The van der Waals surface area contributed by atoms with Crippen LogP contribution in [0.25, 0.3) is 5.69 Å². The van der Waals surface area contributed by atoms with Crippen molar-refractivity contribution in [3.8, 4) is 5.69 Å². The lowest BCUT2D eigenvalue weighted by Gasteiger charge is -2.15. The standard InChI is InChI=1S/C13H17F2NO.C11H11ClN4O/c1-17-7-6-16-5-4-11(9-16)10-2-3-12(14)13(15)8-10;1-7-9(12)10(14-11(13)17)16(15-7)8-5-3-2-4-6-8/h2-3,8,11H,4-7,9H2,1H3;2-6H,1H3,(H3,13,14,17). The van der Waals surface area contributed by atoms with Crippen LogP contribution in [0.2, 0.25) is 5.02 Å². The van der Waals surface area contributed by atoms with Gasteiger partial charge in [0.2, 0.25) is 0 Å². The normalized spacial score (nSPS) is 15.6. The van der Waals surface area contributed by atoms with Crippen LogP contribution >= 0.6 is 11.6 Å². The summed E-state index contributed by atoms with van der Waals surface area (Å²) < 4.78 is 32.5. The Morgan fingerprint density at radius 3 is 2.62 bits per heavy atom. The van der Waals surface area contributed by atoms with E-state index in [1.165, 1.54) is 12.1 Å². The van der Waals surface area contributed by atoms with E-state index in [1.54, 1.807) is 24.8 Å². The number of amides is 2. The number of benzene rings is 2. The number of primary amides is 1. The van der Waals surface area contributed by atoms with E-state index < -0.39 is 17.7 Å². The first-order valence-corrected chi connectivity index (χ1v) is 11.2. The Hall–Kier alpha value is -3.01. The fourth-order valence-electron chi connectivity index (χ4n) is 3.78. The molecule has 3 N–H and O–H groups in total. The number of para-hydroxylation sites is 1. The van der Waals surface area contributed by atoms with E-state index in [2.05, 4.69) is 15.3 Å². The average Bonchev–Trinajstić information content (AvgIpc) is 3.41. The van der Waals surface area contributed by atoms with Gasteiger partial charge in [-0.25, -0.2) is 18.3 Å². The minimum atomic E-state index is -0.775. The number of nitrogens with one attached hydrogen (secondary N) is 1. The van der Waals surface area contributed by atoms with Gasteiger partial charge < -0.3 is 15.4 Å². The number of aryl methyl sites for hydroxylation is 1. The van der Waals surface area contributed by atoms with Crippen molar-refractivity contribution >= 4 is 23.4 Å². The summed E-state index contributed by atoms with van der Waals surface area (Å²) in [6, 6.07) is 12.9. The average molecular weight is 492 g/mol. The summed E-state index contributed by atoms with van der Waals surface area (Å²) in [5.74, 6) is -0.842. The van der Waals surface area contributed by atoms with Crippen molar-refractivity contribution in [2.75, 3.05) is 38.7 Å². The van der Waals surface area contributed by atoms with Gasteiger partial charge >= 0.3 is 6.03 Å². The van der Waals surface area contributed by atoms with Crippen molar-refractivity contribution < 1.29 is 18.3 Å². The van der Waals surface area contributed by atoms with E-state index in [0.717, 1.165) is 37.3 Å². The smallest absolute Gasteiger partial charge is 0.317 e. The zero-order chi connectivity index (χ0) is 24.7. The van der Waals surface area contributed by atoms with Crippen molar-refractivity contribution in [2.45, 2.75) is 19.3 Å². The van der Waals surface area contributed by atoms with Gasteiger partial charge in [0.15, 0.2) is 17.5 Å². The number of ether oxygens (including phenoxy) is 1. The Morgan fingerprint density at radius 2 is 1.97 bits per heavy atom. The number of halogens is 3. The second kappa shape index (κ2) is 11.9. The van der Waals surface area contributed by atoms with Gasteiger partial charge in [-0.1, -0.05) is 35.9 Å². The highest BCUT2D eigenvalue weighted by Crippen LogP contribution is 2.29. The number of methoxy groups -OCH3 is 1. The number of anilines is 1. The number of likely N-dealkylation sites (tertiary alicyclic amines) is 1. The summed E-state index contributed by atoms with van der Waals surface area (Å²) in [5, 5.41) is 7.10. The highest BCUT2D eigenvalue weighted by atomic mass is 35.5. The first-order valence-electron chi connectivity index (χ1n) is 10.8. The summed E-state index contributed by atoms with van der Waals surface area (Å²) in [4.78, 5) is 13.2. The number of nitrogens with two attached hydrogens (primary N) is 1. The monoisotopic (exact) mass is 491 g/mol. The SMILES string of the molecule is COCCN1CCC(c2ccc(F)c(F)c2)C1.Cc1nn(-c2ccccc2)c(NC(N)=O)c1Cl. The third kappa shape index (κ3) is 6.53. The predicted octanol–water partition coefficient (Wildman–Crippen LogP) is 4.73. The Kier molecular flexibility index (Phi) is 8.98. The number of hydrogen-bond donors (Lipinski definition) is 2. The molecule has 34 heavy (non-hydrogen) atoms. The van der Waals surface area contributed by atoms with Gasteiger partial charge in [0, 0.05) is 20.2 Å². The largest absolute Gasteiger partial charge is 0.383 e. The summed E-state index contributed by atoms with van der Waals surface area (Å²) in [7, 11) is 1.68. The molecule has 1 atom stereocenters. The molecule has 7 nitrogen and oxygen atoms in total. The van der Waals surface area contributed by atoms with E-state index in [9.17, 15) is 13.6 Å². The zero-order valence-electron chi connectivity index (χ0n) is 19.1. The van der Waals surface area contributed by atoms with Crippen molar-refractivity contribution in [1.29, 1.82) is 0 Å². The molecule has 3 aromatic rings. The maximum Gasteiger partial charge on any atom is 0.317 e. The molecule has 4 rings (SSSR count). The molecule has 1 fully saturated rings. The number of carbonyl (C=O) groups is 1. The topological polar surface area (TPSA) is 85.4 Å². The molecule has 0 spiro atoms. The molecule has 1 aromatic heterocycles. The number of hydrogen-bond acceptors (Lipinski definition) is 4. The maximum atomic E-state index is 13.1. The second-order valence-electron chi connectivity index (χ2n) is 7.94. The molecule has 0 aliphatic carbocycles. The third-order valence-corrected chi connectivity index (χ3v) is 5.98. The fourth-order valence-corrected chi connectivity index (χ4v) is 3.95. The molecule has 0 saturated carbocycles. The fraction of sp³-hybridized carbons (Fsp3) is 0.333. The Morgan fingerprint density at radius 1 is 1.24 bits per heavy atom. The van der Waals surface area contributed by atoms with Gasteiger partial charge in [-0.15, -0.1) is 0 Å². The Labute approximate surface area is 202 Å². The van der Waals surface area contributed by atoms with E-state index in [1.807, 2.05) is 30.3 Å². The number of rotatable bonds is 6. The molecule has 182 valence electrons. The lowest BCUT2D eigenvalue weighted by atomic mass is 9.98. The minimum absolute atomic E-state index is 0.307. The van der Waals surface area contributed by atoms with Crippen LogP contribution in [0, 0.1) is 18.6 Å². The zero-order valence-corrected chi connectivity index (χ0v) is 19.9. The Bertz CT molecular complexity index is 1110. The summed E-state index contributed by atoms with van der Waals surface area (Å²) in [6.45, 7) is 5.26. The lowest BCUT2D eigenvalue weighted by Crippen LogP contribution is -2.24. The summed E-state index contributed by atoms with van der Waals surface area (Å²) in [6.07, 6.45) is 0.995. The maximum absolute atomic E-state index is 13.1. The van der Waals surface area contributed by atoms with Crippen LogP contribution < -0.4 is 11.1 Å². The molecule has 0 radical (unpaired) electrons. The molecule has 1 aliphatic heterocycles. The predicted molar refractivity (Wildman–Crippen MR) is 129 cm³/mol. The van der Waals surface area contributed by atoms with Gasteiger partial charge in [0.05, 0.1) is 18.0 Å². The van der Waals surface area contributed by atoms with Crippen LogP contribution in [0.5, 0.6) is 0 Å². The van der Waals surface area contributed by atoms with Crippen molar-refractivity contribution in [3.63, 3.8) is 0 Å².